The van der Waals surface area contributed by atoms with E-state index in [0.717, 1.165) is 11.8 Å². The van der Waals surface area contributed by atoms with Crippen LogP contribution in [-0.4, -0.2) is 7.11 Å². The van der Waals surface area contributed by atoms with E-state index in [-0.39, 0.29) is 0 Å². The van der Waals surface area contributed by atoms with Crippen LogP contribution in [0.2, 0.25) is 0 Å². The van der Waals surface area contributed by atoms with Crippen LogP contribution >= 0.6 is 0 Å². The Morgan fingerprint density at radius 1 is 0.846 bits per heavy atom. The van der Waals surface area contributed by atoms with Crippen molar-refractivity contribution in [1.82, 2.24) is 0 Å². The SMILES string of the molecule is CC=CC1CCC(CCc2ccc(-c3ccc(COC)cc3)cc2)CC1. The number of hydrogen-bond donors (Lipinski definition) is 0. The first kappa shape index (κ1) is 18.9. The molecular formula is C25H32O. The smallest absolute Gasteiger partial charge is 0.0713 e. The maximum Gasteiger partial charge on any atom is 0.0713 e. The van der Waals surface area contributed by atoms with Gasteiger partial charge in [0, 0.05) is 7.11 Å². The molecule has 0 saturated heterocycles. The molecular weight excluding hydrogens is 316 g/mol. The van der Waals surface area contributed by atoms with Crippen LogP contribution in [0.3, 0.4) is 0 Å². The molecule has 1 saturated carbocycles. The molecule has 1 fully saturated rings. The lowest BCUT2D eigenvalue weighted by molar-refractivity contribution is 0.185. The molecule has 1 aliphatic carbocycles. The van der Waals surface area contributed by atoms with Crippen molar-refractivity contribution in [3.63, 3.8) is 0 Å². The standard InChI is InChI=1S/C25H32O/c1-3-4-20-5-7-21(8-6-20)9-10-22-11-15-24(16-12-22)25-17-13-23(14-18-25)19-26-2/h3-4,11-18,20-21H,5-10,19H2,1-2H3. The molecule has 0 aromatic heterocycles. The summed E-state index contributed by atoms with van der Waals surface area (Å²) in [5.74, 6) is 1.76. The summed E-state index contributed by atoms with van der Waals surface area (Å²) in [6.07, 6.45) is 12.7. The Balaban J connectivity index is 1.50. The van der Waals surface area contributed by atoms with E-state index in [1.54, 1.807) is 7.11 Å². The van der Waals surface area contributed by atoms with Crippen LogP contribution in [0.5, 0.6) is 0 Å². The van der Waals surface area contributed by atoms with Crippen molar-refractivity contribution >= 4 is 0 Å². The van der Waals surface area contributed by atoms with Crippen molar-refractivity contribution in [2.45, 2.75) is 52.1 Å². The molecule has 0 amide bonds. The highest BCUT2D eigenvalue weighted by molar-refractivity contribution is 5.63. The Morgan fingerprint density at radius 2 is 1.42 bits per heavy atom. The van der Waals surface area contributed by atoms with E-state index in [1.165, 1.54) is 60.8 Å². The van der Waals surface area contributed by atoms with Gasteiger partial charge in [0.1, 0.15) is 0 Å². The topological polar surface area (TPSA) is 9.23 Å². The van der Waals surface area contributed by atoms with Crippen molar-refractivity contribution in [3.8, 4) is 11.1 Å². The summed E-state index contributed by atoms with van der Waals surface area (Å²) in [5.41, 5.74) is 5.26. The molecule has 0 unspecified atom stereocenters. The van der Waals surface area contributed by atoms with Crippen LogP contribution in [0.25, 0.3) is 11.1 Å². The van der Waals surface area contributed by atoms with E-state index in [4.69, 9.17) is 4.74 Å². The van der Waals surface area contributed by atoms with E-state index in [0.29, 0.717) is 6.61 Å². The average Bonchev–Trinajstić information content (AvgIpc) is 2.69. The zero-order valence-electron chi connectivity index (χ0n) is 16.3. The van der Waals surface area contributed by atoms with Crippen LogP contribution in [0.1, 0.15) is 50.2 Å². The molecule has 0 heterocycles. The number of benzene rings is 2. The van der Waals surface area contributed by atoms with Crippen LogP contribution < -0.4 is 0 Å². The molecule has 0 N–H and O–H groups in total. The predicted molar refractivity (Wildman–Crippen MR) is 111 cm³/mol. The summed E-state index contributed by atoms with van der Waals surface area (Å²) in [6, 6.07) is 17.8. The average molecular weight is 349 g/mol. The lowest BCUT2D eigenvalue weighted by Crippen LogP contribution is -2.13. The minimum atomic E-state index is 0.676. The summed E-state index contributed by atoms with van der Waals surface area (Å²) in [5, 5.41) is 0. The fourth-order valence-corrected chi connectivity index (χ4v) is 4.14. The summed E-state index contributed by atoms with van der Waals surface area (Å²) >= 11 is 0. The number of ether oxygens (including phenoxy) is 1. The van der Waals surface area contributed by atoms with Crippen molar-refractivity contribution in [3.05, 3.63) is 71.8 Å². The van der Waals surface area contributed by atoms with Gasteiger partial charge in [-0.2, -0.15) is 0 Å². The van der Waals surface area contributed by atoms with Crippen LogP contribution in [-0.2, 0) is 17.8 Å². The lowest BCUT2D eigenvalue weighted by atomic mass is 9.79. The second kappa shape index (κ2) is 9.73. The molecule has 26 heavy (non-hydrogen) atoms. The zero-order chi connectivity index (χ0) is 18.2. The normalized spacial score (nSPS) is 20.5. The van der Waals surface area contributed by atoms with Gasteiger partial charge in [0.2, 0.25) is 0 Å². The van der Waals surface area contributed by atoms with Gasteiger partial charge in [-0.3, -0.25) is 0 Å². The fraction of sp³-hybridized carbons (Fsp3) is 0.440. The molecule has 0 radical (unpaired) electrons. The maximum atomic E-state index is 5.18. The first-order valence-electron chi connectivity index (χ1n) is 10.1. The number of rotatable bonds is 7. The summed E-state index contributed by atoms with van der Waals surface area (Å²) in [4.78, 5) is 0. The first-order valence-corrected chi connectivity index (χ1v) is 10.1. The number of allylic oxidation sites excluding steroid dienone is 2. The van der Waals surface area contributed by atoms with Gasteiger partial charge in [-0.1, -0.05) is 60.7 Å². The molecule has 1 heteroatoms. The van der Waals surface area contributed by atoms with Gasteiger partial charge in [-0.05, 0) is 79.5 Å². The van der Waals surface area contributed by atoms with Crippen molar-refractivity contribution in [2.75, 3.05) is 7.11 Å². The molecule has 0 bridgehead atoms. The minimum Gasteiger partial charge on any atom is -0.380 e. The molecule has 1 nitrogen and oxygen atoms in total. The van der Waals surface area contributed by atoms with Gasteiger partial charge < -0.3 is 4.74 Å². The predicted octanol–water partition coefficient (Wildman–Crippen LogP) is 6.82. The second-order valence-corrected chi connectivity index (χ2v) is 7.67. The number of aryl methyl sites for hydroxylation is 1. The molecule has 0 spiro atoms. The molecule has 3 rings (SSSR count). The van der Waals surface area contributed by atoms with E-state index in [2.05, 4.69) is 67.6 Å². The van der Waals surface area contributed by atoms with Crippen molar-refractivity contribution in [2.24, 2.45) is 11.8 Å². The van der Waals surface area contributed by atoms with Crippen molar-refractivity contribution < 1.29 is 4.74 Å². The van der Waals surface area contributed by atoms with Gasteiger partial charge in [0.15, 0.2) is 0 Å². The van der Waals surface area contributed by atoms with Gasteiger partial charge >= 0.3 is 0 Å². The quantitative estimate of drug-likeness (QED) is 0.499. The van der Waals surface area contributed by atoms with Crippen LogP contribution in [0.15, 0.2) is 60.7 Å². The fourth-order valence-electron chi connectivity index (χ4n) is 4.14. The molecule has 0 aliphatic heterocycles. The summed E-state index contributed by atoms with van der Waals surface area (Å²) in [7, 11) is 1.74. The van der Waals surface area contributed by atoms with Gasteiger partial charge in [-0.15, -0.1) is 0 Å². The highest BCUT2D eigenvalue weighted by Gasteiger charge is 2.19. The highest BCUT2D eigenvalue weighted by Crippen LogP contribution is 2.32. The molecule has 2 aromatic carbocycles. The van der Waals surface area contributed by atoms with Crippen LogP contribution in [0, 0.1) is 11.8 Å². The monoisotopic (exact) mass is 348 g/mol. The third kappa shape index (κ3) is 5.32. The molecule has 1 aliphatic rings. The minimum absolute atomic E-state index is 0.676. The Labute approximate surface area is 159 Å². The first-order chi connectivity index (χ1) is 12.8. The van der Waals surface area contributed by atoms with Gasteiger partial charge in [-0.25, -0.2) is 0 Å². The maximum absolute atomic E-state index is 5.18. The van der Waals surface area contributed by atoms with Gasteiger partial charge in [0.05, 0.1) is 6.61 Å². The van der Waals surface area contributed by atoms with E-state index < -0.39 is 0 Å². The second-order valence-electron chi connectivity index (χ2n) is 7.67. The molecule has 138 valence electrons. The van der Waals surface area contributed by atoms with E-state index in [9.17, 15) is 0 Å². The third-order valence-electron chi connectivity index (χ3n) is 5.75. The lowest BCUT2D eigenvalue weighted by Gasteiger charge is -2.26. The Morgan fingerprint density at radius 3 is 1.96 bits per heavy atom. The molecule has 2 aromatic rings. The Hall–Kier alpha value is -1.86. The Bertz CT molecular complexity index is 673. The summed E-state index contributed by atoms with van der Waals surface area (Å²) in [6.45, 7) is 2.82. The highest BCUT2D eigenvalue weighted by atomic mass is 16.5. The number of methoxy groups -OCH3 is 1. The van der Waals surface area contributed by atoms with Gasteiger partial charge in [0.25, 0.3) is 0 Å². The zero-order valence-corrected chi connectivity index (χ0v) is 16.3. The van der Waals surface area contributed by atoms with E-state index >= 15 is 0 Å². The summed E-state index contributed by atoms with van der Waals surface area (Å²) < 4.78 is 5.18. The van der Waals surface area contributed by atoms with Crippen LogP contribution in [0.4, 0.5) is 0 Å². The van der Waals surface area contributed by atoms with E-state index in [1.807, 2.05) is 0 Å². The largest absolute Gasteiger partial charge is 0.380 e. The van der Waals surface area contributed by atoms with Crippen molar-refractivity contribution in [1.29, 1.82) is 0 Å². The molecule has 0 atom stereocenters. The Kier molecular flexibility index (Phi) is 7.08. The third-order valence-corrected chi connectivity index (χ3v) is 5.75. The number of hydrogen-bond acceptors (Lipinski definition) is 1.